The zero-order valence-corrected chi connectivity index (χ0v) is 17.7. The molecule has 0 saturated carbocycles. The number of hydrogen-bond donors (Lipinski definition) is 3. The van der Waals surface area contributed by atoms with Crippen LogP contribution in [0.4, 0.5) is 5.69 Å². The molecule has 0 aliphatic carbocycles. The number of nitrogens with one attached hydrogen (secondary N) is 3. The first-order chi connectivity index (χ1) is 11.2. The predicted molar refractivity (Wildman–Crippen MR) is 114 cm³/mol. The van der Waals surface area contributed by atoms with E-state index in [0.29, 0.717) is 19.1 Å². The molecular formula is C18H33IN4O. The summed E-state index contributed by atoms with van der Waals surface area (Å²) in [7, 11) is 1.71. The lowest BCUT2D eigenvalue weighted by molar-refractivity contribution is 0.211. The Morgan fingerprint density at radius 2 is 1.83 bits per heavy atom. The molecule has 6 heteroatoms. The Morgan fingerprint density at radius 3 is 2.42 bits per heavy atom. The fourth-order valence-corrected chi connectivity index (χ4v) is 2.02. The topological polar surface area (TPSA) is 57.7 Å². The molecule has 1 aromatic rings. The highest BCUT2D eigenvalue weighted by atomic mass is 127. The summed E-state index contributed by atoms with van der Waals surface area (Å²) in [6.07, 6.45) is 1.15. The van der Waals surface area contributed by atoms with Crippen LogP contribution in [-0.2, 0) is 11.3 Å². The lowest BCUT2D eigenvalue weighted by Crippen LogP contribution is -2.38. The number of benzene rings is 1. The fraction of sp³-hybridized carbons (Fsp3) is 0.611. The van der Waals surface area contributed by atoms with Crippen LogP contribution in [0.5, 0.6) is 0 Å². The molecule has 0 saturated heterocycles. The van der Waals surface area contributed by atoms with Crippen molar-refractivity contribution in [2.45, 2.75) is 33.7 Å². The molecule has 5 nitrogen and oxygen atoms in total. The van der Waals surface area contributed by atoms with Crippen LogP contribution in [0.2, 0.25) is 0 Å². The van der Waals surface area contributed by atoms with Crippen LogP contribution < -0.4 is 16.0 Å². The van der Waals surface area contributed by atoms with Crippen molar-refractivity contribution in [3.05, 3.63) is 29.8 Å². The molecule has 0 aliphatic rings. The molecule has 24 heavy (non-hydrogen) atoms. The molecule has 0 spiro atoms. The maximum Gasteiger partial charge on any atom is 0.191 e. The Kier molecular flexibility index (Phi) is 13.7. The van der Waals surface area contributed by atoms with E-state index < -0.39 is 0 Å². The minimum absolute atomic E-state index is 0. The molecule has 0 radical (unpaired) electrons. The van der Waals surface area contributed by atoms with E-state index in [4.69, 9.17) is 4.74 Å². The highest BCUT2D eigenvalue weighted by molar-refractivity contribution is 14.0. The van der Waals surface area contributed by atoms with Crippen molar-refractivity contribution in [3.8, 4) is 0 Å². The number of guanidine groups is 1. The molecule has 0 unspecified atom stereocenters. The predicted octanol–water partition coefficient (Wildman–Crippen LogP) is 3.46. The second-order valence-electron chi connectivity index (χ2n) is 5.92. The van der Waals surface area contributed by atoms with Gasteiger partial charge < -0.3 is 20.7 Å². The number of anilines is 1. The van der Waals surface area contributed by atoms with Gasteiger partial charge >= 0.3 is 0 Å². The zero-order chi connectivity index (χ0) is 16.9. The standard InChI is InChI=1S/C18H32N4O.HI/c1-5-19-18(21-11-10-15(2)3)22-14-16-6-8-17(9-7-16)20-12-13-23-4;/h6-9,15,20H,5,10-14H2,1-4H3,(H2,19,21,22);1H. The van der Waals surface area contributed by atoms with Gasteiger partial charge in [-0.3, -0.25) is 0 Å². The van der Waals surface area contributed by atoms with Gasteiger partial charge in [-0.1, -0.05) is 26.0 Å². The van der Waals surface area contributed by atoms with E-state index in [2.05, 4.69) is 66.0 Å². The van der Waals surface area contributed by atoms with Crippen molar-refractivity contribution >= 4 is 35.6 Å². The molecule has 3 N–H and O–H groups in total. The van der Waals surface area contributed by atoms with Crippen molar-refractivity contribution in [2.75, 3.05) is 38.7 Å². The van der Waals surface area contributed by atoms with Crippen LogP contribution in [0.15, 0.2) is 29.3 Å². The molecule has 0 aliphatic heterocycles. The summed E-state index contributed by atoms with van der Waals surface area (Å²) in [6, 6.07) is 8.38. The first-order valence-electron chi connectivity index (χ1n) is 8.49. The molecular weight excluding hydrogens is 415 g/mol. The lowest BCUT2D eigenvalue weighted by atomic mass is 10.1. The summed E-state index contributed by atoms with van der Waals surface area (Å²) in [6.45, 7) is 10.6. The number of methoxy groups -OCH3 is 1. The third-order valence-electron chi connectivity index (χ3n) is 3.37. The van der Waals surface area contributed by atoms with Crippen LogP contribution in [0, 0.1) is 5.92 Å². The summed E-state index contributed by atoms with van der Waals surface area (Å²) < 4.78 is 5.03. The Morgan fingerprint density at radius 1 is 1.12 bits per heavy atom. The van der Waals surface area contributed by atoms with Crippen molar-refractivity contribution in [1.29, 1.82) is 0 Å². The summed E-state index contributed by atoms with van der Waals surface area (Å²) >= 11 is 0. The third kappa shape index (κ3) is 10.7. The van der Waals surface area contributed by atoms with E-state index >= 15 is 0 Å². The Hall–Kier alpha value is -1.02. The number of rotatable bonds is 10. The molecule has 0 fully saturated rings. The van der Waals surface area contributed by atoms with Gasteiger partial charge in [0.25, 0.3) is 0 Å². The maximum atomic E-state index is 5.03. The SMILES string of the molecule is CCNC(=NCc1ccc(NCCOC)cc1)NCCC(C)C.I. The largest absolute Gasteiger partial charge is 0.383 e. The van der Waals surface area contributed by atoms with E-state index in [1.165, 1.54) is 5.56 Å². The molecule has 138 valence electrons. The normalized spacial score (nSPS) is 11.1. The molecule has 0 bridgehead atoms. The first-order valence-corrected chi connectivity index (χ1v) is 8.49. The second kappa shape index (κ2) is 14.3. The van der Waals surface area contributed by atoms with Gasteiger partial charge in [0, 0.05) is 32.4 Å². The van der Waals surface area contributed by atoms with Gasteiger partial charge in [-0.2, -0.15) is 0 Å². The van der Waals surface area contributed by atoms with Crippen LogP contribution in [0.25, 0.3) is 0 Å². The van der Waals surface area contributed by atoms with E-state index in [0.717, 1.165) is 37.7 Å². The summed E-state index contributed by atoms with van der Waals surface area (Å²) in [4.78, 5) is 4.64. The van der Waals surface area contributed by atoms with Crippen molar-refractivity contribution in [1.82, 2.24) is 10.6 Å². The van der Waals surface area contributed by atoms with E-state index in [-0.39, 0.29) is 24.0 Å². The van der Waals surface area contributed by atoms with Gasteiger partial charge in [-0.05, 0) is 37.0 Å². The molecule has 0 atom stereocenters. The molecule has 0 heterocycles. The summed E-state index contributed by atoms with van der Waals surface area (Å²) in [5, 5.41) is 9.98. The van der Waals surface area contributed by atoms with E-state index in [1.807, 2.05) is 0 Å². The van der Waals surface area contributed by atoms with Crippen LogP contribution in [0.1, 0.15) is 32.8 Å². The average Bonchev–Trinajstić information content (AvgIpc) is 2.54. The minimum atomic E-state index is 0. The van der Waals surface area contributed by atoms with Crippen molar-refractivity contribution in [3.63, 3.8) is 0 Å². The zero-order valence-electron chi connectivity index (χ0n) is 15.4. The van der Waals surface area contributed by atoms with Gasteiger partial charge in [0.2, 0.25) is 0 Å². The van der Waals surface area contributed by atoms with Gasteiger partial charge in [0.05, 0.1) is 13.2 Å². The van der Waals surface area contributed by atoms with Gasteiger partial charge in [-0.15, -0.1) is 24.0 Å². The van der Waals surface area contributed by atoms with E-state index in [9.17, 15) is 0 Å². The van der Waals surface area contributed by atoms with Crippen LogP contribution in [0.3, 0.4) is 0 Å². The average molecular weight is 448 g/mol. The van der Waals surface area contributed by atoms with Gasteiger partial charge in [0.1, 0.15) is 0 Å². The Balaban J connectivity index is 0.00000529. The maximum absolute atomic E-state index is 5.03. The Labute approximate surface area is 164 Å². The number of nitrogens with zero attached hydrogens (tertiary/aromatic N) is 1. The smallest absolute Gasteiger partial charge is 0.191 e. The van der Waals surface area contributed by atoms with Gasteiger partial charge in [-0.25, -0.2) is 4.99 Å². The van der Waals surface area contributed by atoms with Crippen LogP contribution in [-0.4, -0.2) is 39.3 Å². The number of hydrogen-bond acceptors (Lipinski definition) is 3. The van der Waals surface area contributed by atoms with Crippen molar-refractivity contribution < 1.29 is 4.74 Å². The third-order valence-corrected chi connectivity index (χ3v) is 3.37. The highest BCUT2D eigenvalue weighted by Crippen LogP contribution is 2.10. The minimum Gasteiger partial charge on any atom is -0.383 e. The first kappa shape index (κ1) is 23.0. The number of ether oxygens (including phenoxy) is 1. The molecule has 1 aromatic carbocycles. The number of halogens is 1. The molecule has 0 aromatic heterocycles. The quantitative estimate of drug-likeness (QED) is 0.222. The number of aliphatic imine (C=N–C) groups is 1. The van der Waals surface area contributed by atoms with Gasteiger partial charge in [0.15, 0.2) is 5.96 Å². The highest BCUT2D eigenvalue weighted by Gasteiger charge is 1.99. The summed E-state index contributed by atoms with van der Waals surface area (Å²) in [5.74, 6) is 1.58. The second-order valence-corrected chi connectivity index (χ2v) is 5.92. The van der Waals surface area contributed by atoms with Crippen molar-refractivity contribution in [2.24, 2.45) is 10.9 Å². The monoisotopic (exact) mass is 448 g/mol. The fourth-order valence-electron chi connectivity index (χ4n) is 2.02. The molecule has 1 rings (SSSR count). The van der Waals surface area contributed by atoms with E-state index in [1.54, 1.807) is 7.11 Å². The van der Waals surface area contributed by atoms with Crippen LogP contribution >= 0.6 is 24.0 Å². The summed E-state index contributed by atoms with van der Waals surface area (Å²) in [5.41, 5.74) is 2.31. The Bertz CT molecular complexity index is 449. The molecule has 0 amide bonds. The lowest BCUT2D eigenvalue weighted by Gasteiger charge is -2.12.